The lowest BCUT2D eigenvalue weighted by Crippen LogP contribution is -2.42. The molecule has 1 aromatic heterocycles. The van der Waals surface area contributed by atoms with Crippen molar-refractivity contribution < 1.29 is 8.42 Å². The normalized spacial score (nSPS) is 19.9. The highest BCUT2D eigenvalue weighted by Gasteiger charge is 2.41. The molecule has 0 unspecified atom stereocenters. The second-order valence-corrected chi connectivity index (χ2v) is 8.55. The highest BCUT2D eigenvalue weighted by Crippen LogP contribution is 2.35. The molecule has 1 aromatic rings. The third-order valence-electron chi connectivity index (χ3n) is 3.58. The van der Waals surface area contributed by atoms with Crippen LogP contribution in [0.5, 0.6) is 0 Å². The quantitative estimate of drug-likeness (QED) is 0.909. The molecule has 1 fully saturated rings. The Morgan fingerprint density at radius 2 is 2.21 bits per heavy atom. The Kier molecular flexibility index (Phi) is 4.35. The predicted octanol–water partition coefficient (Wildman–Crippen LogP) is 2.42. The minimum atomic E-state index is -3.33. The maximum atomic E-state index is 12.7. The van der Waals surface area contributed by atoms with Crippen LogP contribution in [-0.2, 0) is 16.6 Å². The van der Waals surface area contributed by atoms with E-state index in [1.165, 1.54) is 11.3 Å². The van der Waals surface area contributed by atoms with Crippen molar-refractivity contribution in [1.82, 2.24) is 9.62 Å². The zero-order chi connectivity index (χ0) is 14.1. The summed E-state index contributed by atoms with van der Waals surface area (Å²) in [7, 11) is -3.33. The van der Waals surface area contributed by atoms with Gasteiger partial charge in [0.2, 0.25) is 0 Å². The van der Waals surface area contributed by atoms with E-state index in [2.05, 4.69) is 5.32 Å². The van der Waals surface area contributed by atoms with Gasteiger partial charge < -0.3 is 5.32 Å². The summed E-state index contributed by atoms with van der Waals surface area (Å²) in [6.45, 7) is 8.30. The Hall–Kier alpha value is -0.430. The first kappa shape index (κ1) is 15.0. The van der Waals surface area contributed by atoms with E-state index in [1.54, 1.807) is 10.4 Å². The summed E-state index contributed by atoms with van der Waals surface area (Å²) in [5.74, 6) is 0. The molecular weight excluding hydrogens is 280 g/mol. The first-order chi connectivity index (χ1) is 8.88. The Morgan fingerprint density at radius 3 is 2.79 bits per heavy atom. The average Bonchev–Trinajstić information content (AvgIpc) is 2.92. The molecule has 0 bridgehead atoms. The SMILES string of the molecule is CCNCc1csc(S(=O)(=O)N2CCCC2(C)C)c1. The van der Waals surface area contributed by atoms with Gasteiger partial charge in [0.15, 0.2) is 0 Å². The number of nitrogens with zero attached hydrogens (tertiary/aromatic N) is 1. The third kappa shape index (κ3) is 3.02. The van der Waals surface area contributed by atoms with Gasteiger partial charge in [0.05, 0.1) is 0 Å². The Morgan fingerprint density at radius 1 is 1.47 bits per heavy atom. The van der Waals surface area contributed by atoms with Gasteiger partial charge in [0, 0.05) is 18.6 Å². The first-order valence-corrected chi connectivity index (χ1v) is 9.01. The number of rotatable bonds is 5. The molecule has 6 heteroatoms. The zero-order valence-corrected chi connectivity index (χ0v) is 13.4. The van der Waals surface area contributed by atoms with Crippen molar-refractivity contribution in [1.29, 1.82) is 0 Å². The molecule has 1 aliphatic rings. The lowest BCUT2D eigenvalue weighted by molar-refractivity contribution is 0.292. The van der Waals surface area contributed by atoms with Gasteiger partial charge in [-0.25, -0.2) is 8.42 Å². The number of hydrogen-bond acceptors (Lipinski definition) is 4. The minimum absolute atomic E-state index is 0.259. The van der Waals surface area contributed by atoms with E-state index >= 15 is 0 Å². The maximum Gasteiger partial charge on any atom is 0.253 e. The van der Waals surface area contributed by atoms with Crippen LogP contribution >= 0.6 is 11.3 Å². The smallest absolute Gasteiger partial charge is 0.253 e. The summed E-state index contributed by atoms with van der Waals surface area (Å²) >= 11 is 1.32. The molecule has 0 saturated carbocycles. The van der Waals surface area contributed by atoms with Crippen LogP contribution in [0, 0.1) is 0 Å². The standard InChI is InChI=1S/C13H22N2O2S2/c1-4-14-9-11-8-12(18-10-11)19(16,17)15-7-5-6-13(15,2)3/h8,10,14H,4-7,9H2,1-3H3. The molecule has 0 radical (unpaired) electrons. The Labute approximate surface area is 119 Å². The molecule has 0 aromatic carbocycles. The van der Waals surface area contributed by atoms with Crippen molar-refractivity contribution in [2.24, 2.45) is 0 Å². The monoisotopic (exact) mass is 302 g/mol. The summed E-state index contributed by atoms with van der Waals surface area (Å²) in [6.07, 6.45) is 1.88. The van der Waals surface area contributed by atoms with Crippen molar-refractivity contribution in [2.45, 2.75) is 49.9 Å². The number of nitrogens with one attached hydrogen (secondary N) is 1. The largest absolute Gasteiger partial charge is 0.313 e. The van der Waals surface area contributed by atoms with Gasteiger partial charge in [-0.05, 0) is 50.2 Å². The molecule has 0 atom stereocenters. The van der Waals surface area contributed by atoms with E-state index < -0.39 is 10.0 Å². The number of sulfonamides is 1. The van der Waals surface area contributed by atoms with Crippen molar-refractivity contribution in [3.63, 3.8) is 0 Å². The van der Waals surface area contributed by atoms with Crippen molar-refractivity contribution in [2.75, 3.05) is 13.1 Å². The average molecular weight is 302 g/mol. The number of hydrogen-bond donors (Lipinski definition) is 1. The molecule has 1 aliphatic heterocycles. The van der Waals surface area contributed by atoms with Crippen LogP contribution in [0.3, 0.4) is 0 Å². The maximum absolute atomic E-state index is 12.7. The molecule has 0 amide bonds. The molecule has 1 N–H and O–H groups in total. The van der Waals surface area contributed by atoms with Crippen LogP contribution in [0.25, 0.3) is 0 Å². The Bertz CT molecular complexity index is 535. The van der Waals surface area contributed by atoms with Gasteiger partial charge in [0.25, 0.3) is 10.0 Å². The second kappa shape index (κ2) is 5.52. The summed E-state index contributed by atoms with van der Waals surface area (Å²) < 4.78 is 27.4. The van der Waals surface area contributed by atoms with Crippen molar-refractivity contribution >= 4 is 21.4 Å². The molecule has 19 heavy (non-hydrogen) atoms. The van der Waals surface area contributed by atoms with E-state index in [4.69, 9.17) is 0 Å². The van der Waals surface area contributed by atoms with Gasteiger partial charge in [0.1, 0.15) is 4.21 Å². The molecule has 0 aliphatic carbocycles. The molecule has 108 valence electrons. The first-order valence-electron chi connectivity index (χ1n) is 6.69. The van der Waals surface area contributed by atoms with Crippen LogP contribution in [0.15, 0.2) is 15.7 Å². The molecule has 4 nitrogen and oxygen atoms in total. The summed E-state index contributed by atoms with van der Waals surface area (Å²) in [5.41, 5.74) is 0.785. The van der Waals surface area contributed by atoms with E-state index in [-0.39, 0.29) is 5.54 Å². The summed E-state index contributed by atoms with van der Waals surface area (Å²) in [5, 5.41) is 5.14. The van der Waals surface area contributed by atoms with Crippen LogP contribution in [0.1, 0.15) is 39.2 Å². The van der Waals surface area contributed by atoms with Crippen molar-refractivity contribution in [3.05, 3.63) is 17.0 Å². The molecule has 1 saturated heterocycles. The predicted molar refractivity (Wildman–Crippen MR) is 78.9 cm³/mol. The number of thiophene rings is 1. The van der Waals surface area contributed by atoms with Crippen molar-refractivity contribution in [3.8, 4) is 0 Å². The highest BCUT2D eigenvalue weighted by atomic mass is 32.2. The van der Waals surface area contributed by atoms with Crippen LogP contribution in [0.2, 0.25) is 0 Å². The Balaban J connectivity index is 2.22. The molecule has 2 heterocycles. The van der Waals surface area contributed by atoms with E-state index in [9.17, 15) is 8.42 Å². The van der Waals surface area contributed by atoms with Crippen LogP contribution < -0.4 is 5.32 Å². The topological polar surface area (TPSA) is 49.4 Å². The fourth-order valence-electron chi connectivity index (χ4n) is 2.49. The van der Waals surface area contributed by atoms with E-state index in [1.807, 2.05) is 26.2 Å². The van der Waals surface area contributed by atoms with E-state index in [0.29, 0.717) is 10.8 Å². The minimum Gasteiger partial charge on any atom is -0.313 e. The molecule has 2 rings (SSSR count). The lowest BCUT2D eigenvalue weighted by Gasteiger charge is -2.29. The molecule has 0 spiro atoms. The van der Waals surface area contributed by atoms with Gasteiger partial charge >= 0.3 is 0 Å². The second-order valence-electron chi connectivity index (χ2n) is 5.55. The lowest BCUT2D eigenvalue weighted by atomic mass is 10.0. The van der Waals surface area contributed by atoms with Gasteiger partial charge in [-0.1, -0.05) is 6.92 Å². The van der Waals surface area contributed by atoms with Gasteiger partial charge in [-0.3, -0.25) is 0 Å². The van der Waals surface area contributed by atoms with Crippen LogP contribution in [-0.4, -0.2) is 31.4 Å². The summed E-state index contributed by atoms with van der Waals surface area (Å²) in [4.78, 5) is 0. The summed E-state index contributed by atoms with van der Waals surface area (Å²) in [6, 6.07) is 1.80. The fraction of sp³-hybridized carbons (Fsp3) is 0.692. The van der Waals surface area contributed by atoms with Gasteiger partial charge in [-0.15, -0.1) is 11.3 Å². The zero-order valence-electron chi connectivity index (χ0n) is 11.8. The fourth-order valence-corrected chi connectivity index (χ4v) is 5.66. The van der Waals surface area contributed by atoms with E-state index in [0.717, 1.165) is 31.5 Å². The highest BCUT2D eigenvalue weighted by molar-refractivity contribution is 7.91. The van der Waals surface area contributed by atoms with Crippen LogP contribution in [0.4, 0.5) is 0 Å². The third-order valence-corrected chi connectivity index (χ3v) is 7.15. The van der Waals surface area contributed by atoms with Gasteiger partial charge in [-0.2, -0.15) is 4.31 Å². The molecular formula is C13H22N2O2S2.